The van der Waals surface area contributed by atoms with Crippen LogP contribution in [0.2, 0.25) is 5.02 Å². The van der Waals surface area contributed by atoms with E-state index in [2.05, 4.69) is 62.0 Å². The molecule has 1 aromatic carbocycles. The molecular formula is C23H33ClIN5S. The molecule has 2 aliphatic rings. The summed E-state index contributed by atoms with van der Waals surface area (Å²) in [6.45, 7) is 7.46. The Balaban J connectivity index is 0.00000272. The number of aliphatic imine (C=N–C) groups is 1. The van der Waals surface area contributed by atoms with E-state index < -0.39 is 0 Å². The van der Waals surface area contributed by atoms with Gasteiger partial charge in [-0.2, -0.15) is 0 Å². The van der Waals surface area contributed by atoms with Gasteiger partial charge in [-0.15, -0.1) is 35.3 Å². The smallest absolute Gasteiger partial charge is 0.191 e. The average Bonchev–Trinajstić information content (AvgIpc) is 3.46. The van der Waals surface area contributed by atoms with Crippen LogP contribution in [-0.4, -0.2) is 51.8 Å². The van der Waals surface area contributed by atoms with Crippen LogP contribution in [0.25, 0.3) is 0 Å². The van der Waals surface area contributed by atoms with Gasteiger partial charge in [0.1, 0.15) is 0 Å². The maximum Gasteiger partial charge on any atom is 0.191 e. The first-order chi connectivity index (χ1) is 14.6. The summed E-state index contributed by atoms with van der Waals surface area (Å²) in [5.74, 6) is 1.55. The summed E-state index contributed by atoms with van der Waals surface area (Å²) in [4.78, 5) is 9.42. The zero-order valence-corrected chi connectivity index (χ0v) is 22.2. The molecule has 3 heterocycles. The molecule has 0 saturated carbocycles. The summed E-state index contributed by atoms with van der Waals surface area (Å²) in [6.07, 6.45) is 3.48. The van der Waals surface area contributed by atoms with Crippen LogP contribution in [0, 0.1) is 12.8 Å². The molecule has 2 aliphatic heterocycles. The number of nitrogens with zero attached hydrogens (tertiary/aromatic N) is 3. The number of rotatable bonds is 5. The lowest BCUT2D eigenvalue weighted by molar-refractivity contribution is 0.459. The van der Waals surface area contributed by atoms with Crippen LogP contribution in [0.4, 0.5) is 10.7 Å². The number of nitrogens with one attached hydrogen (secondary N) is 2. The number of thiophene rings is 1. The van der Waals surface area contributed by atoms with Crippen molar-refractivity contribution in [3.05, 3.63) is 46.3 Å². The van der Waals surface area contributed by atoms with Crippen LogP contribution in [0.1, 0.15) is 24.8 Å². The average molecular weight is 574 g/mol. The molecule has 2 aromatic rings. The molecule has 1 aromatic heterocycles. The number of anilines is 2. The summed E-state index contributed by atoms with van der Waals surface area (Å²) in [5, 5.41) is 11.6. The highest BCUT2D eigenvalue weighted by Gasteiger charge is 2.25. The van der Waals surface area contributed by atoms with Crippen molar-refractivity contribution in [1.82, 2.24) is 10.6 Å². The summed E-state index contributed by atoms with van der Waals surface area (Å²) in [5.41, 5.74) is 2.56. The van der Waals surface area contributed by atoms with Gasteiger partial charge >= 0.3 is 0 Å². The molecule has 0 spiro atoms. The predicted octanol–water partition coefficient (Wildman–Crippen LogP) is 4.99. The highest BCUT2D eigenvalue weighted by atomic mass is 127. The zero-order chi connectivity index (χ0) is 20.9. The molecular weight excluding hydrogens is 541 g/mol. The fourth-order valence-corrected chi connectivity index (χ4v) is 5.42. The maximum atomic E-state index is 6.22. The van der Waals surface area contributed by atoms with Crippen molar-refractivity contribution in [1.29, 1.82) is 0 Å². The van der Waals surface area contributed by atoms with Crippen molar-refractivity contribution < 1.29 is 0 Å². The van der Waals surface area contributed by atoms with Crippen LogP contribution in [0.15, 0.2) is 40.7 Å². The molecule has 0 amide bonds. The second-order valence-corrected chi connectivity index (χ2v) is 9.70. The molecule has 1 unspecified atom stereocenters. The molecule has 0 bridgehead atoms. The Morgan fingerprint density at radius 1 is 1.16 bits per heavy atom. The van der Waals surface area contributed by atoms with Gasteiger partial charge in [-0.3, -0.25) is 4.99 Å². The summed E-state index contributed by atoms with van der Waals surface area (Å²) < 4.78 is 0. The largest absolute Gasteiger partial charge is 0.371 e. The Morgan fingerprint density at radius 3 is 2.65 bits per heavy atom. The summed E-state index contributed by atoms with van der Waals surface area (Å²) in [6, 6.07) is 11.0. The second kappa shape index (κ2) is 11.6. The van der Waals surface area contributed by atoms with Crippen molar-refractivity contribution in [2.45, 2.75) is 32.2 Å². The topological polar surface area (TPSA) is 42.9 Å². The Hall–Kier alpha value is -1.19. The van der Waals surface area contributed by atoms with Gasteiger partial charge < -0.3 is 20.4 Å². The number of piperidine rings is 1. The van der Waals surface area contributed by atoms with Crippen LogP contribution in [0.3, 0.4) is 0 Å². The van der Waals surface area contributed by atoms with E-state index >= 15 is 0 Å². The van der Waals surface area contributed by atoms with Gasteiger partial charge in [0, 0.05) is 56.5 Å². The molecule has 1 atom stereocenters. The van der Waals surface area contributed by atoms with Gasteiger partial charge in [0.2, 0.25) is 0 Å². The highest BCUT2D eigenvalue weighted by Crippen LogP contribution is 2.29. The van der Waals surface area contributed by atoms with Gasteiger partial charge in [-0.25, -0.2) is 0 Å². The fraction of sp³-hybridized carbons (Fsp3) is 0.522. The minimum Gasteiger partial charge on any atom is -0.371 e. The molecule has 2 fully saturated rings. The third-order valence-corrected chi connectivity index (χ3v) is 7.40. The lowest BCUT2D eigenvalue weighted by Gasteiger charge is -2.33. The number of hydrogen-bond acceptors (Lipinski definition) is 4. The van der Waals surface area contributed by atoms with Crippen molar-refractivity contribution in [3.8, 4) is 0 Å². The van der Waals surface area contributed by atoms with E-state index in [-0.39, 0.29) is 24.0 Å². The Bertz CT molecular complexity index is 852. The van der Waals surface area contributed by atoms with Gasteiger partial charge in [0.15, 0.2) is 5.96 Å². The van der Waals surface area contributed by atoms with Gasteiger partial charge in [0.25, 0.3) is 0 Å². The first-order valence-corrected chi connectivity index (χ1v) is 12.1. The lowest BCUT2D eigenvalue weighted by Crippen LogP contribution is -2.49. The molecule has 2 saturated heterocycles. The number of benzene rings is 1. The minimum absolute atomic E-state index is 0. The monoisotopic (exact) mass is 573 g/mol. The number of halogens is 2. The van der Waals surface area contributed by atoms with Crippen molar-refractivity contribution >= 4 is 63.6 Å². The summed E-state index contributed by atoms with van der Waals surface area (Å²) in [7, 11) is 1.87. The Labute approximate surface area is 212 Å². The van der Waals surface area contributed by atoms with E-state index in [1.54, 1.807) is 0 Å². The van der Waals surface area contributed by atoms with Crippen LogP contribution < -0.4 is 20.4 Å². The standard InChI is InChI=1S/C23H32ClN5S.HI/c1-17-5-6-19(24)14-21(17)29-10-7-18(16-29)15-26-23(25-2)27-20-8-11-28(12-9-20)22-4-3-13-30-22;/h3-6,13-14,18,20H,7-12,15-16H2,1-2H3,(H2,25,26,27);1H. The molecule has 2 N–H and O–H groups in total. The number of aryl methyl sites for hydroxylation is 1. The molecule has 4 rings (SSSR count). The molecule has 170 valence electrons. The quantitative estimate of drug-likeness (QED) is 0.301. The first kappa shape index (κ1) is 24.5. The lowest BCUT2D eigenvalue weighted by atomic mass is 10.1. The fourth-order valence-electron chi connectivity index (χ4n) is 4.46. The zero-order valence-electron chi connectivity index (χ0n) is 18.3. The van der Waals surface area contributed by atoms with Crippen molar-refractivity contribution in [2.24, 2.45) is 10.9 Å². The Morgan fingerprint density at radius 2 is 1.94 bits per heavy atom. The maximum absolute atomic E-state index is 6.22. The van der Waals surface area contributed by atoms with Crippen molar-refractivity contribution in [3.63, 3.8) is 0 Å². The molecule has 8 heteroatoms. The van der Waals surface area contributed by atoms with E-state index in [1.165, 1.54) is 22.7 Å². The SMILES string of the molecule is CN=C(NCC1CCN(c2cc(Cl)ccc2C)C1)NC1CCN(c2cccs2)CC1.I. The van der Waals surface area contributed by atoms with E-state index in [9.17, 15) is 0 Å². The van der Waals surface area contributed by atoms with E-state index in [4.69, 9.17) is 11.6 Å². The number of hydrogen-bond donors (Lipinski definition) is 2. The van der Waals surface area contributed by atoms with Gasteiger partial charge in [-0.1, -0.05) is 17.7 Å². The third kappa shape index (κ3) is 6.42. The van der Waals surface area contributed by atoms with Crippen molar-refractivity contribution in [2.75, 3.05) is 49.6 Å². The van der Waals surface area contributed by atoms with Gasteiger partial charge in [0.05, 0.1) is 5.00 Å². The summed E-state index contributed by atoms with van der Waals surface area (Å²) >= 11 is 8.05. The number of guanidine groups is 1. The third-order valence-electron chi connectivity index (χ3n) is 6.23. The predicted molar refractivity (Wildman–Crippen MR) is 146 cm³/mol. The van der Waals surface area contributed by atoms with Crippen LogP contribution in [0.5, 0.6) is 0 Å². The molecule has 0 radical (unpaired) electrons. The van der Waals surface area contributed by atoms with E-state index in [0.717, 1.165) is 56.5 Å². The molecule has 5 nitrogen and oxygen atoms in total. The van der Waals surface area contributed by atoms with E-state index in [0.29, 0.717) is 12.0 Å². The molecule has 0 aliphatic carbocycles. The Kier molecular flexibility index (Phi) is 9.16. The second-order valence-electron chi connectivity index (χ2n) is 8.34. The normalized spacial score (nSPS) is 20.0. The minimum atomic E-state index is 0. The first-order valence-electron chi connectivity index (χ1n) is 10.9. The molecule has 31 heavy (non-hydrogen) atoms. The van der Waals surface area contributed by atoms with Crippen LogP contribution >= 0.6 is 46.9 Å². The van der Waals surface area contributed by atoms with Gasteiger partial charge in [-0.05, 0) is 67.3 Å². The van der Waals surface area contributed by atoms with E-state index in [1.807, 2.05) is 24.5 Å². The van der Waals surface area contributed by atoms with Crippen LogP contribution in [-0.2, 0) is 0 Å². The highest BCUT2D eigenvalue weighted by molar-refractivity contribution is 14.0.